The Morgan fingerprint density at radius 2 is 1.54 bits per heavy atom. The first-order chi connectivity index (χ1) is 11.4. The Kier molecular flexibility index (Phi) is 8.54. The van der Waals surface area contributed by atoms with Gasteiger partial charge in [-0.25, -0.2) is 9.59 Å². The van der Waals surface area contributed by atoms with Gasteiger partial charge in [-0.3, -0.25) is 4.79 Å². The molecule has 1 aromatic carbocycles. The van der Waals surface area contributed by atoms with E-state index in [1.807, 2.05) is 0 Å². The van der Waals surface area contributed by atoms with Crippen LogP contribution in [-0.4, -0.2) is 34.2 Å². The first-order valence-electron chi connectivity index (χ1n) is 8.17. The van der Waals surface area contributed by atoms with Gasteiger partial charge in [0.05, 0.1) is 17.2 Å². The lowest BCUT2D eigenvalue weighted by molar-refractivity contribution is -0.137. The zero-order chi connectivity index (χ0) is 17.9. The van der Waals surface area contributed by atoms with E-state index in [0.717, 1.165) is 25.7 Å². The molecule has 0 bridgehead atoms. The average molecular weight is 336 g/mol. The maximum Gasteiger partial charge on any atom is 0.339 e. The summed E-state index contributed by atoms with van der Waals surface area (Å²) in [6.07, 6.45) is 4.96. The van der Waals surface area contributed by atoms with Gasteiger partial charge in [0.1, 0.15) is 0 Å². The molecule has 2 N–H and O–H groups in total. The topological polar surface area (TPSA) is 101 Å². The van der Waals surface area contributed by atoms with Gasteiger partial charge in [0.15, 0.2) is 0 Å². The minimum absolute atomic E-state index is 0.0607. The van der Waals surface area contributed by atoms with E-state index < -0.39 is 17.9 Å². The van der Waals surface area contributed by atoms with E-state index in [9.17, 15) is 14.4 Å². The summed E-state index contributed by atoms with van der Waals surface area (Å²) in [5.41, 5.74) is -0.00125. The number of carboxylic acid groups (broad SMARTS) is 2. The second kappa shape index (κ2) is 10.4. The number of unbranched alkanes of at least 4 members (excludes halogenated alkanes) is 4. The molecule has 0 radical (unpaired) electrons. The molecular weight excluding hydrogens is 312 g/mol. The summed E-state index contributed by atoms with van der Waals surface area (Å²) in [4.78, 5) is 33.6. The third-order valence-corrected chi connectivity index (χ3v) is 3.69. The monoisotopic (exact) mass is 336 g/mol. The molecule has 0 amide bonds. The number of aliphatic carboxylic acids is 1. The van der Waals surface area contributed by atoms with Crippen LogP contribution in [0.2, 0.25) is 0 Å². The summed E-state index contributed by atoms with van der Waals surface area (Å²) in [6, 6.07) is 5.99. The highest BCUT2D eigenvalue weighted by molar-refractivity contribution is 6.02. The highest BCUT2D eigenvalue weighted by Gasteiger charge is 2.18. The molecule has 1 rings (SSSR count). The predicted molar refractivity (Wildman–Crippen MR) is 88.2 cm³/mol. The summed E-state index contributed by atoms with van der Waals surface area (Å²) in [6.45, 7) is 1.78. The van der Waals surface area contributed by atoms with Crippen LogP contribution in [0, 0.1) is 0 Å². The fourth-order valence-corrected chi connectivity index (χ4v) is 2.39. The molecule has 0 aliphatic rings. The van der Waals surface area contributed by atoms with Crippen LogP contribution in [0.25, 0.3) is 0 Å². The second-order valence-electron chi connectivity index (χ2n) is 5.77. The Labute approximate surface area is 141 Å². The standard InChI is InChI=1S/C18H24O6/c1-13(9-5-3-2-4-6-12-16(19)20)24-18(23)15-11-8-7-10-14(15)17(21)22/h7-8,10-11,13H,2-6,9,12H2,1H3,(H,19,20)(H,21,22). The van der Waals surface area contributed by atoms with Crippen molar-refractivity contribution in [1.82, 2.24) is 0 Å². The number of benzene rings is 1. The van der Waals surface area contributed by atoms with Crippen LogP contribution in [0.15, 0.2) is 24.3 Å². The maximum atomic E-state index is 12.1. The molecule has 0 fully saturated rings. The molecule has 0 aromatic heterocycles. The molecular formula is C18H24O6. The molecule has 0 aliphatic heterocycles. The third-order valence-electron chi connectivity index (χ3n) is 3.69. The first-order valence-corrected chi connectivity index (χ1v) is 8.17. The normalized spacial score (nSPS) is 11.7. The lowest BCUT2D eigenvalue weighted by atomic mass is 10.1. The minimum atomic E-state index is -1.16. The zero-order valence-electron chi connectivity index (χ0n) is 13.9. The van der Waals surface area contributed by atoms with Gasteiger partial charge < -0.3 is 14.9 Å². The molecule has 0 heterocycles. The summed E-state index contributed by atoms with van der Waals surface area (Å²) in [5, 5.41) is 17.6. The summed E-state index contributed by atoms with van der Waals surface area (Å²) in [5.74, 6) is -2.55. The van der Waals surface area contributed by atoms with Crippen molar-refractivity contribution in [3.63, 3.8) is 0 Å². The smallest absolute Gasteiger partial charge is 0.339 e. The fraction of sp³-hybridized carbons (Fsp3) is 0.500. The van der Waals surface area contributed by atoms with E-state index in [4.69, 9.17) is 14.9 Å². The Balaban J connectivity index is 2.30. The van der Waals surface area contributed by atoms with E-state index in [0.29, 0.717) is 12.8 Å². The second-order valence-corrected chi connectivity index (χ2v) is 5.77. The molecule has 6 nitrogen and oxygen atoms in total. The van der Waals surface area contributed by atoms with Crippen LogP contribution in [-0.2, 0) is 9.53 Å². The van der Waals surface area contributed by atoms with Crippen LogP contribution in [0.3, 0.4) is 0 Å². The van der Waals surface area contributed by atoms with Gasteiger partial charge in [-0.1, -0.05) is 31.4 Å². The van der Waals surface area contributed by atoms with Crippen molar-refractivity contribution < 1.29 is 29.3 Å². The van der Waals surface area contributed by atoms with Crippen molar-refractivity contribution in [2.45, 2.75) is 58.0 Å². The van der Waals surface area contributed by atoms with Gasteiger partial charge in [0.25, 0.3) is 0 Å². The van der Waals surface area contributed by atoms with E-state index >= 15 is 0 Å². The molecule has 1 atom stereocenters. The van der Waals surface area contributed by atoms with Gasteiger partial charge in [-0.05, 0) is 38.3 Å². The number of carbonyl (C=O) groups excluding carboxylic acids is 1. The van der Waals surface area contributed by atoms with Gasteiger partial charge in [0, 0.05) is 6.42 Å². The Morgan fingerprint density at radius 1 is 0.958 bits per heavy atom. The van der Waals surface area contributed by atoms with Crippen LogP contribution in [0.5, 0.6) is 0 Å². The first kappa shape index (κ1) is 19.7. The maximum absolute atomic E-state index is 12.1. The summed E-state index contributed by atoms with van der Waals surface area (Å²) < 4.78 is 5.31. The van der Waals surface area contributed by atoms with E-state index in [-0.39, 0.29) is 23.7 Å². The summed E-state index contributed by atoms with van der Waals surface area (Å²) >= 11 is 0. The molecule has 132 valence electrons. The molecule has 24 heavy (non-hydrogen) atoms. The van der Waals surface area contributed by atoms with Crippen LogP contribution < -0.4 is 0 Å². The highest BCUT2D eigenvalue weighted by atomic mass is 16.5. The molecule has 0 saturated heterocycles. The largest absolute Gasteiger partial charge is 0.481 e. The lowest BCUT2D eigenvalue weighted by Gasteiger charge is -2.14. The van der Waals surface area contributed by atoms with Crippen molar-refractivity contribution in [2.24, 2.45) is 0 Å². The fourth-order valence-electron chi connectivity index (χ4n) is 2.39. The van der Waals surface area contributed by atoms with Crippen molar-refractivity contribution in [1.29, 1.82) is 0 Å². The lowest BCUT2D eigenvalue weighted by Crippen LogP contribution is -2.17. The van der Waals surface area contributed by atoms with E-state index in [1.54, 1.807) is 19.1 Å². The number of ether oxygens (including phenoxy) is 1. The Bertz CT molecular complexity index is 566. The Morgan fingerprint density at radius 3 is 2.17 bits per heavy atom. The van der Waals surface area contributed by atoms with Crippen LogP contribution in [0.1, 0.15) is 72.6 Å². The van der Waals surface area contributed by atoms with Crippen LogP contribution >= 0.6 is 0 Å². The summed E-state index contributed by atoms with van der Waals surface area (Å²) in [7, 11) is 0. The molecule has 1 aromatic rings. The molecule has 6 heteroatoms. The van der Waals surface area contributed by atoms with Gasteiger partial charge in [-0.15, -0.1) is 0 Å². The number of carbonyl (C=O) groups is 3. The molecule has 0 spiro atoms. The average Bonchev–Trinajstić information content (AvgIpc) is 2.53. The Hall–Kier alpha value is -2.37. The van der Waals surface area contributed by atoms with Crippen molar-refractivity contribution in [2.75, 3.05) is 0 Å². The SMILES string of the molecule is CC(CCCCCCCC(=O)O)OC(=O)c1ccccc1C(=O)O. The van der Waals surface area contributed by atoms with Crippen molar-refractivity contribution >= 4 is 17.9 Å². The van der Waals surface area contributed by atoms with Gasteiger partial charge >= 0.3 is 17.9 Å². The van der Waals surface area contributed by atoms with Gasteiger partial charge in [0.2, 0.25) is 0 Å². The van der Waals surface area contributed by atoms with Crippen LogP contribution in [0.4, 0.5) is 0 Å². The third kappa shape index (κ3) is 7.26. The molecule has 1 unspecified atom stereocenters. The number of aromatic carboxylic acids is 1. The van der Waals surface area contributed by atoms with E-state index in [2.05, 4.69) is 0 Å². The van der Waals surface area contributed by atoms with Crippen molar-refractivity contribution in [3.8, 4) is 0 Å². The zero-order valence-corrected chi connectivity index (χ0v) is 13.9. The molecule has 0 saturated carbocycles. The van der Waals surface area contributed by atoms with Crippen molar-refractivity contribution in [3.05, 3.63) is 35.4 Å². The number of rotatable bonds is 11. The number of hydrogen-bond donors (Lipinski definition) is 2. The van der Waals surface area contributed by atoms with E-state index in [1.165, 1.54) is 12.1 Å². The minimum Gasteiger partial charge on any atom is -0.481 e. The molecule has 0 aliphatic carbocycles. The number of hydrogen-bond acceptors (Lipinski definition) is 4. The number of carboxylic acids is 2. The quantitative estimate of drug-likeness (QED) is 0.471. The van der Waals surface area contributed by atoms with Gasteiger partial charge in [-0.2, -0.15) is 0 Å². The predicted octanol–water partition coefficient (Wildman–Crippen LogP) is 3.75. The highest BCUT2D eigenvalue weighted by Crippen LogP contribution is 2.14. The number of esters is 1.